The number of amides is 15. The van der Waals surface area contributed by atoms with Gasteiger partial charge >= 0.3 is 18.0 Å². The molecule has 0 spiro atoms. The van der Waals surface area contributed by atoms with Gasteiger partial charge in [0.05, 0.1) is 36.6 Å². The summed E-state index contributed by atoms with van der Waals surface area (Å²) < 4.78 is 12.0. The van der Waals surface area contributed by atoms with Gasteiger partial charge in [-0.1, -0.05) is 128 Å². The minimum Gasteiger partial charge on any atom is -0.508 e. The third-order valence-corrected chi connectivity index (χ3v) is 22.1. The summed E-state index contributed by atoms with van der Waals surface area (Å²) in [6, 6.07) is 9.93. The second kappa shape index (κ2) is 51.7. The van der Waals surface area contributed by atoms with Crippen LogP contribution in [0.2, 0.25) is 0 Å². The van der Waals surface area contributed by atoms with Gasteiger partial charge in [-0.05, 0) is 111 Å². The predicted molar refractivity (Wildman–Crippen MR) is 456 cm³/mol. The predicted octanol–water partition coefficient (Wildman–Crippen LogP) is 1.14. The number of likely N-dealkylation sites (tertiary alicyclic amines) is 1. The number of aliphatic carboxylic acids is 2. The van der Waals surface area contributed by atoms with Crippen LogP contribution in [0, 0.1) is 29.1 Å². The van der Waals surface area contributed by atoms with E-state index in [0.717, 1.165) is 17.7 Å². The van der Waals surface area contributed by atoms with Crippen LogP contribution in [0.1, 0.15) is 155 Å². The summed E-state index contributed by atoms with van der Waals surface area (Å²) in [5.74, 6) is -14.4. The summed E-state index contributed by atoms with van der Waals surface area (Å²) in [5, 5.41) is 64.2. The minimum atomic E-state index is -1.59. The summed E-state index contributed by atoms with van der Waals surface area (Å²) in [6.45, 7) is 12.0. The van der Waals surface area contributed by atoms with Crippen molar-refractivity contribution in [3.05, 3.63) is 114 Å². The molecule has 38 heteroatoms. The number of carbonyl (C=O) groups is 16. The van der Waals surface area contributed by atoms with Gasteiger partial charge in [0.15, 0.2) is 5.96 Å². The largest absolute Gasteiger partial charge is 0.508 e. The standard InChI is InChI=1S/C86H127N17O21/c1-12-52(6)74(65(123-10)48-71(110)102-44-24-32-64(102)75(124-11)53(7)76(111)97-62(83(118)119)46-55-27-17-14-18-28-55)101(9)82(117)72(50(2)3)99-81(116)73(51(4)5)100(8)68(107)34-21-33-66(105)94-61(45-54-25-15-13-16-26-54)80(115)96-60(31-23-43-92-86(89)122)78(113)95-59(79(114)98-63(84(120)121)47-56-35-37-57(104)38-36-56)29-19-20-41-90-77(112)58(30-22-42-91-85(87)88)93-67(106)49-103-69(108)39-40-70(103)109/h13-18,25-28,35-40,50-53,58-65,72-75,104H,12,19-24,29-34,41-49H2,1-11H3,(H,90,112)(H,93,106)(H,94,105)(H,95,113)(H,96,115)(H,97,111)(H,98,114)(H,99,116)(H,118,119)(H,120,121)(H4,87,88,91)(H3,89,92,122)/t52-,53+,58-,59-,60-,61-,62-,63-,64-,65+,72-,73-,74-,75+/m0/s1. The zero-order chi connectivity index (χ0) is 92.0. The molecule has 38 nitrogen and oxygen atoms in total. The molecule has 3 aromatic carbocycles. The molecule has 1 fully saturated rings. The number of nitrogens with zero attached hydrogens (tertiary/aromatic N) is 4. The van der Waals surface area contributed by atoms with E-state index in [1.807, 2.05) is 13.8 Å². The average Bonchev–Trinajstić information content (AvgIpc) is 1.10. The number of benzene rings is 3. The molecule has 18 N–H and O–H groups in total. The number of hydrogen-bond acceptors (Lipinski definition) is 20. The van der Waals surface area contributed by atoms with Crippen molar-refractivity contribution in [2.45, 2.75) is 230 Å². The van der Waals surface area contributed by atoms with Gasteiger partial charge in [-0.2, -0.15) is 0 Å². The molecule has 1 saturated heterocycles. The fourth-order valence-electron chi connectivity index (χ4n) is 15.1. The molecule has 124 heavy (non-hydrogen) atoms. The van der Waals surface area contributed by atoms with Crippen molar-refractivity contribution < 1.29 is 102 Å². The summed E-state index contributed by atoms with van der Waals surface area (Å²) in [7, 11) is 5.89. The number of aromatic hydroxyl groups is 1. The van der Waals surface area contributed by atoms with Crippen molar-refractivity contribution in [3.63, 3.8) is 0 Å². The lowest BCUT2D eigenvalue weighted by Gasteiger charge is -2.41. The van der Waals surface area contributed by atoms with Crippen LogP contribution in [0.5, 0.6) is 5.75 Å². The number of urea groups is 1. The lowest BCUT2D eigenvalue weighted by Crippen LogP contribution is -2.60. The van der Waals surface area contributed by atoms with E-state index in [1.54, 1.807) is 107 Å². The van der Waals surface area contributed by atoms with E-state index >= 15 is 4.79 Å². The molecular formula is C86H127N17O21. The number of hydrogen-bond donors (Lipinski definition) is 16. The van der Waals surface area contributed by atoms with Crippen LogP contribution in [-0.4, -0.2) is 269 Å². The number of ether oxygens (including phenoxy) is 2. The first-order chi connectivity index (χ1) is 58.8. The molecule has 0 unspecified atom stereocenters. The van der Waals surface area contributed by atoms with Gasteiger partial charge in [-0.15, -0.1) is 0 Å². The monoisotopic (exact) mass is 1730 g/mol. The van der Waals surface area contributed by atoms with Crippen LogP contribution in [0.3, 0.4) is 0 Å². The molecule has 682 valence electrons. The Hall–Kier alpha value is -12.1. The Morgan fingerprint density at radius 2 is 1.03 bits per heavy atom. The molecule has 0 bridgehead atoms. The molecule has 0 radical (unpaired) electrons. The third kappa shape index (κ3) is 33.0. The van der Waals surface area contributed by atoms with E-state index in [4.69, 9.17) is 26.4 Å². The molecule has 0 aliphatic carbocycles. The highest BCUT2D eigenvalue weighted by Gasteiger charge is 2.45. The normalized spacial score (nSPS) is 16.2. The number of likely N-dealkylation sites (N-methyl/N-ethyl adjacent to an activating group) is 2. The molecule has 14 atom stereocenters. The number of primary amides is 1. The number of guanidine groups is 1. The number of carboxylic acids is 2. The first kappa shape index (κ1) is 102. The van der Waals surface area contributed by atoms with E-state index in [9.17, 15) is 87.2 Å². The molecule has 2 aliphatic heterocycles. The van der Waals surface area contributed by atoms with Gasteiger partial charge in [0.2, 0.25) is 65.0 Å². The molecule has 15 amide bonds. The zero-order valence-corrected chi connectivity index (χ0v) is 72.7. The number of phenolic OH excluding ortho intramolecular Hbond substituents is 1. The van der Waals surface area contributed by atoms with Crippen molar-refractivity contribution in [2.24, 2.45) is 35.1 Å². The number of nitrogens with two attached hydrogens (primary N) is 2. The fraction of sp³-hybridized carbons (Fsp3) is 0.570. The highest BCUT2D eigenvalue weighted by molar-refractivity contribution is 6.14. The summed E-state index contributed by atoms with van der Waals surface area (Å²) >= 11 is 0. The van der Waals surface area contributed by atoms with Gasteiger partial charge in [-0.3, -0.25) is 72.6 Å². The lowest BCUT2D eigenvalue weighted by molar-refractivity contribution is -0.149. The van der Waals surface area contributed by atoms with Crippen molar-refractivity contribution >= 4 is 101 Å². The van der Waals surface area contributed by atoms with Crippen LogP contribution in [-0.2, 0) is 101 Å². The smallest absolute Gasteiger partial charge is 0.326 e. The van der Waals surface area contributed by atoms with E-state index in [2.05, 4.69) is 53.2 Å². The highest BCUT2D eigenvalue weighted by Crippen LogP contribution is 2.31. The number of methoxy groups -OCH3 is 2. The first-order valence-electron chi connectivity index (χ1n) is 42.0. The molecule has 5 rings (SSSR count). The Balaban J connectivity index is 1.29. The average molecular weight is 1740 g/mol. The summed E-state index contributed by atoms with van der Waals surface area (Å²) in [6.07, 6.45) is 0.619. The van der Waals surface area contributed by atoms with Crippen LogP contribution < -0.4 is 64.6 Å². The minimum absolute atomic E-state index is 0.000979. The Morgan fingerprint density at radius 1 is 0.540 bits per heavy atom. The van der Waals surface area contributed by atoms with E-state index in [1.165, 1.54) is 55.3 Å². The van der Waals surface area contributed by atoms with Crippen molar-refractivity contribution in [1.82, 2.24) is 72.8 Å². The van der Waals surface area contributed by atoms with Gasteiger partial charge in [0.1, 0.15) is 60.6 Å². The lowest BCUT2D eigenvalue weighted by atomic mass is 9.89. The van der Waals surface area contributed by atoms with Gasteiger partial charge in [0.25, 0.3) is 11.8 Å². The highest BCUT2D eigenvalue weighted by atomic mass is 16.5. The summed E-state index contributed by atoms with van der Waals surface area (Å²) in [5.41, 5.74) is 12.5. The molecule has 2 heterocycles. The number of phenols is 1. The number of carbonyl (C=O) groups excluding carboxylic acids is 14. The van der Waals surface area contributed by atoms with Crippen molar-refractivity contribution in [1.29, 1.82) is 5.41 Å². The van der Waals surface area contributed by atoms with Crippen LogP contribution in [0.25, 0.3) is 0 Å². The van der Waals surface area contributed by atoms with E-state index in [0.29, 0.717) is 41.8 Å². The first-order valence-corrected chi connectivity index (χ1v) is 42.0. The quantitative estimate of drug-likeness (QED) is 0.0163. The van der Waals surface area contributed by atoms with Crippen LogP contribution in [0.15, 0.2) is 97.1 Å². The maximum atomic E-state index is 15.0. The second-order valence-corrected chi connectivity index (χ2v) is 32.1. The molecular weight excluding hydrogens is 1610 g/mol. The van der Waals surface area contributed by atoms with Crippen LogP contribution in [0.4, 0.5) is 4.79 Å². The number of carboxylic acid groups (broad SMARTS) is 2. The second-order valence-electron chi connectivity index (χ2n) is 32.1. The number of unbranched alkanes of at least 4 members (excludes halogenated alkanes) is 1. The number of imide groups is 1. The Bertz CT molecular complexity index is 4140. The SMILES string of the molecule is CC[C@H](C)[C@@H]([C@@H](CC(=O)N1CCC[C@H]1[C@H](OC)[C@@H](C)C(=O)N[C@@H](Cc1ccccc1)C(=O)O)OC)N(C)C(=O)[C@@H](NC(=O)[C@H](C(C)C)N(C)C(=O)CCCC(=O)N[C@@H](Cc1ccccc1)C(=O)N[C@@H](CCCNC(N)=O)C(=O)N[C@@H](CCCCNC(=O)[C@H](CCCNC(=N)N)NC(=O)CN1C(=O)C=CC1=O)C(=O)N[C@@H](Cc1ccc(O)cc1)C(=O)O)C(C)C. The van der Waals surface area contributed by atoms with Crippen molar-refractivity contribution in [3.8, 4) is 5.75 Å². The van der Waals surface area contributed by atoms with E-state index in [-0.39, 0.29) is 133 Å². The van der Waals surface area contributed by atoms with Gasteiger partial charge in [-0.25, -0.2) is 14.4 Å². The maximum Gasteiger partial charge on any atom is 0.326 e. The molecule has 0 aromatic heterocycles. The Labute approximate surface area is 723 Å². The third-order valence-electron chi connectivity index (χ3n) is 22.1. The number of nitrogens with one attached hydrogen (secondary N) is 11. The molecule has 2 aliphatic rings. The van der Waals surface area contributed by atoms with Crippen LogP contribution >= 0.6 is 0 Å². The molecule has 3 aromatic rings. The fourth-order valence-corrected chi connectivity index (χ4v) is 15.1. The Kier molecular flexibility index (Phi) is 42.8. The van der Waals surface area contributed by atoms with E-state index < -0.39 is 186 Å². The number of rotatable bonds is 54. The topological polar surface area (TPSA) is 561 Å². The maximum absolute atomic E-state index is 15.0. The summed E-state index contributed by atoms with van der Waals surface area (Å²) in [4.78, 5) is 224. The van der Waals surface area contributed by atoms with Gasteiger partial charge < -0.3 is 104 Å². The Morgan fingerprint density at radius 3 is 1.54 bits per heavy atom. The zero-order valence-electron chi connectivity index (χ0n) is 72.7. The van der Waals surface area contributed by atoms with Crippen molar-refractivity contribution in [2.75, 3.05) is 61.0 Å². The molecule has 0 saturated carbocycles. The van der Waals surface area contributed by atoms with Gasteiger partial charge in [0, 0.05) is 98.8 Å².